The third-order valence-corrected chi connectivity index (χ3v) is 17.0. The van der Waals surface area contributed by atoms with Crippen LogP contribution in [0.15, 0.2) is 269 Å². The van der Waals surface area contributed by atoms with Gasteiger partial charge in [0.1, 0.15) is 67.0 Å². The van der Waals surface area contributed by atoms with Gasteiger partial charge in [0.2, 0.25) is 0 Å². The second-order valence-corrected chi connectivity index (χ2v) is 21.5. The van der Waals surface area contributed by atoms with Gasteiger partial charge >= 0.3 is 0 Å². The fraction of sp³-hybridized carbons (Fsp3) is 0. The lowest BCUT2D eigenvalue weighted by Gasteiger charge is -2.26. The second kappa shape index (κ2) is 16.2. The van der Waals surface area contributed by atoms with Crippen molar-refractivity contribution in [1.82, 2.24) is 0 Å². The van der Waals surface area contributed by atoms with Crippen molar-refractivity contribution in [2.45, 2.75) is 0 Å². The SMILES string of the molecule is c1ccc2c(c1)oc1ccc(N(c3ccc4c(ccc5c6cc7oc8c9ccc(N(c%10ccc%11oc%12ccccc%12c%11c%10)c%10ccc%11oc%12ccccc%12c%11c%10)cc9ccc8c7cc6oc45)c3)c3ccc4oc5ccccc5c4c3)cc12. The van der Waals surface area contributed by atoms with Gasteiger partial charge in [-0.05, 0) is 168 Å². The van der Waals surface area contributed by atoms with Crippen LogP contribution in [0.4, 0.5) is 34.1 Å². The topological polar surface area (TPSA) is 85.3 Å². The molecule has 0 amide bonds. The second-order valence-electron chi connectivity index (χ2n) is 21.5. The average Bonchev–Trinajstić information content (AvgIpc) is 4.58. The molecule has 0 spiro atoms. The summed E-state index contributed by atoms with van der Waals surface area (Å²) >= 11 is 0. The van der Waals surface area contributed by atoms with E-state index in [2.05, 4.69) is 204 Å². The zero-order valence-corrected chi connectivity index (χ0v) is 43.4. The third kappa shape index (κ3) is 6.25. The first kappa shape index (κ1) is 43.7. The van der Waals surface area contributed by atoms with Crippen molar-refractivity contribution in [2.24, 2.45) is 0 Å². The van der Waals surface area contributed by atoms with E-state index in [1.165, 1.54) is 0 Å². The first-order valence-corrected chi connectivity index (χ1v) is 27.5. The maximum Gasteiger partial charge on any atom is 0.143 e. The van der Waals surface area contributed by atoms with E-state index >= 15 is 0 Å². The fourth-order valence-electron chi connectivity index (χ4n) is 13.2. The average molecular weight is 1050 g/mol. The Morgan fingerprint density at radius 3 is 0.780 bits per heavy atom. The Labute approximate surface area is 463 Å². The van der Waals surface area contributed by atoms with Crippen molar-refractivity contribution in [2.75, 3.05) is 9.80 Å². The normalized spacial score (nSPS) is 12.4. The van der Waals surface area contributed by atoms with Gasteiger partial charge < -0.3 is 36.3 Å². The molecule has 0 N–H and O–H groups in total. The van der Waals surface area contributed by atoms with E-state index in [0.29, 0.717) is 0 Å². The van der Waals surface area contributed by atoms with Crippen molar-refractivity contribution >= 4 is 187 Å². The van der Waals surface area contributed by atoms with Gasteiger partial charge in [-0.1, -0.05) is 84.9 Å². The number of rotatable bonds is 6. The van der Waals surface area contributed by atoms with E-state index in [1.807, 2.05) is 48.5 Å². The molecule has 0 unspecified atom stereocenters. The van der Waals surface area contributed by atoms with Gasteiger partial charge in [-0.25, -0.2) is 0 Å². The van der Waals surface area contributed by atoms with Crippen LogP contribution >= 0.6 is 0 Å². The van der Waals surface area contributed by atoms with Crippen LogP contribution in [0.2, 0.25) is 0 Å². The van der Waals surface area contributed by atoms with E-state index in [4.69, 9.17) is 26.5 Å². The lowest BCUT2D eigenvalue weighted by Crippen LogP contribution is -2.09. The number of furan rings is 6. The Bertz CT molecular complexity index is 5350. The van der Waals surface area contributed by atoms with E-state index < -0.39 is 0 Å². The van der Waals surface area contributed by atoms with Crippen LogP contribution in [0.3, 0.4) is 0 Å². The van der Waals surface area contributed by atoms with Gasteiger partial charge in [-0.15, -0.1) is 0 Å². The van der Waals surface area contributed by atoms with E-state index in [0.717, 1.165) is 187 Å². The fourth-order valence-corrected chi connectivity index (χ4v) is 13.2. The predicted molar refractivity (Wildman–Crippen MR) is 334 cm³/mol. The lowest BCUT2D eigenvalue weighted by molar-refractivity contribution is 0.667. The van der Waals surface area contributed by atoms with Crippen molar-refractivity contribution in [1.29, 1.82) is 0 Å². The maximum atomic E-state index is 6.93. The number of hydrogen-bond acceptors (Lipinski definition) is 8. The largest absolute Gasteiger partial charge is 0.456 e. The summed E-state index contributed by atoms with van der Waals surface area (Å²) in [4.78, 5) is 4.63. The highest BCUT2D eigenvalue weighted by atomic mass is 16.4. The van der Waals surface area contributed by atoms with Gasteiger partial charge in [0, 0.05) is 110 Å². The highest BCUT2D eigenvalue weighted by molar-refractivity contribution is 6.22. The Balaban J connectivity index is 0.725. The summed E-state index contributed by atoms with van der Waals surface area (Å²) in [5.74, 6) is 0. The molecular weight excluding hydrogens is 1010 g/mol. The minimum absolute atomic E-state index is 0.806. The first-order valence-electron chi connectivity index (χ1n) is 27.5. The molecule has 6 heterocycles. The molecular formula is C74H40N2O6. The summed E-state index contributed by atoms with van der Waals surface area (Å²) in [7, 11) is 0. The van der Waals surface area contributed by atoms with Crippen LogP contribution in [-0.4, -0.2) is 0 Å². The zero-order valence-electron chi connectivity index (χ0n) is 43.4. The standard InChI is InChI=1S/C74H40N2O6/c1-5-13-63-51(9-1)57-35-45(21-29-67(57)77-63)75(46-22-30-68-58(36-46)52-10-2-6-14-64(52)78-68)43-19-27-49-41(33-43)17-25-55-61-39-72-62(40-71(61)81-73(49)55)56-26-18-42-34-44(20-28-50(42)74(56)82-72)76(47-23-31-69-59(37-47)53-11-3-7-15-65(53)79-69)48-24-32-70-60(38-48)54-12-4-8-16-66(54)80-70/h1-40H. The number of fused-ring (bicyclic) bond motifs is 22. The van der Waals surface area contributed by atoms with Crippen LogP contribution in [0.1, 0.15) is 0 Å². The van der Waals surface area contributed by atoms with Crippen molar-refractivity contribution in [3.8, 4) is 0 Å². The number of benzene rings is 13. The summed E-state index contributed by atoms with van der Waals surface area (Å²) in [6.45, 7) is 0. The molecule has 6 aromatic heterocycles. The van der Waals surface area contributed by atoms with Gasteiger partial charge in [0.15, 0.2) is 0 Å². The predicted octanol–water partition coefficient (Wildman–Crippen LogP) is 22.3. The Morgan fingerprint density at radius 2 is 0.439 bits per heavy atom. The van der Waals surface area contributed by atoms with Gasteiger partial charge in [-0.3, -0.25) is 0 Å². The molecule has 8 heteroatoms. The van der Waals surface area contributed by atoms with Gasteiger partial charge in [-0.2, -0.15) is 0 Å². The molecule has 19 rings (SSSR count). The zero-order chi connectivity index (χ0) is 53.3. The van der Waals surface area contributed by atoms with Crippen LogP contribution in [-0.2, 0) is 0 Å². The van der Waals surface area contributed by atoms with Crippen LogP contribution in [0.25, 0.3) is 153 Å². The summed E-state index contributed by atoms with van der Waals surface area (Å²) < 4.78 is 39.0. The Hall–Kier alpha value is -11.2. The molecule has 0 aliphatic heterocycles. The molecule has 8 nitrogen and oxygen atoms in total. The smallest absolute Gasteiger partial charge is 0.143 e. The van der Waals surface area contributed by atoms with E-state index in [1.54, 1.807) is 0 Å². The lowest BCUT2D eigenvalue weighted by atomic mass is 10.0. The minimum Gasteiger partial charge on any atom is -0.456 e. The molecule has 0 fully saturated rings. The molecule has 0 saturated heterocycles. The molecule has 0 saturated carbocycles. The van der Waals surface area contributed by atoms with Crippen LogP contribution in [0, 0.1) is 0 Å². The molecule has 13 aromatic carbocycles. The number of nitrogens with zero attached hydrogens (tertiary/aromatic N) is 2. The van der Waals surface area contributed by atoms with Gasteiger partial charge in [0.05, 0.1) is 0 Å². The van der Waals surface area contributed by atoms with Crippen LogP contribution < -0.4 is 9.80 Å². The van der Waals surface area contributed by atoms with E-state index in [9.17, 15) is 0 Å². The molecule has 0 aliphatic carbocycles. The highest BCUT2D eigenvalue weighted by Gasteiger charge is 2.23. The van der Waals surface area contributed by atoms with E-state index in [-0.39, 0.29) is 0 Å². The van der Waals surface area contributed by atoms with Crippen LogP contribution in [0.5, 0.6) is 0 Å². The number of anilines is 6. The summed E-state index contributed by atoms with van der Waals surface area (Å²) in [5, 5.41) is 16.8. The quantitative estimate of drug-likeness (QED) is 0.163. The maximum absolute atomic E-state index is 6.93. The number of para-hydroxylation sites is 4. The molecule has 0 atom stereocenters. The molecule has 19 aromatic rings. The molecule has 82 heavy (non-hydrogen) atoms. The highest BCUT2D eigenvalue weighted by Crippen LogP contribution is 2.47. The van der Waals surface area contributed by atoms with Crippen molar-refractivity contribution in [3.63, 3.8) is 0 Å². The first-order chi connectivity index (χ1) is 40.6. The molecule has 0 bridgehead atoms. The van der Waals surface area contributed by atoms with Crippen molar-refractivity contribution in [3.05, 3.63) is 243 Å². The Morgan fingerprint density at radius 1 is 0.171 bits per heavy atom. The monoisotopic (exact) mass is 1050 g/mol. The summed E-state index contributed by atoms with van der Waals surface area (Å²) in [5.41, 5.74) is 16.2. The molecule has 0 aliphatic rings. The number of hydrogen-bond donors (Lipinski definition) is 0. The molecule has 382 valence electrons. The molecule has 0 radical (unpaired) electrons. The Kier molecular flexibility index (Phi) is 8.63. The summed E-state index contributed by atoms with van der Waals surface area (Å²) in [6.07, 6.45) is 0. The minimum atomic E-state index is 0.806. The third-order valence-electron chi connectivity index (χ3n) is 17.0. The summed E-state index contributed by atoms with van der Waals surface area (Å²) in [6, 6.07) is 85.0. The van der Waals surface area contributed by atoms with Gasteiger partial charge in [0.25, 0.3) is 0 Å². The van der Waals surface area contributed by atoms with Crippen molar-refractivity contribution < 1.29 is 26.5 Å².